The smallest absolute Gasteiger partial charge is 0.0473 e. The largest absolute Gasteiger partial charge is 0.396 e. The van der Waals surface area contributed by atoms with Gasteiger partial charge in [-0.2, -0.15) is 0 Å². The highest BCUT2D eigenvalue weighted by atomic mass is 16.2. The van der Waals surface area contributed by atoms with E-state index in [1.165, 1.54) is 24.0 Å². The average molecular weight is 262 g/mol. The number of rotatable bonds is 7. The van der Waals surface area contributed by atoms with Gasteiger partial charge in [0.25, 0.3) is 0 Å². The summed E-state index contributed by atoms with van der Waals surface area (Å²) >= 11 is 0. The predicted molar refractivity (Wildman–Crippen MR) is 79.1 cm³/mol. The molecule has 0 saturated heterocycles. The average Bonchev–Trinajstić information content (AvgIpc) is 2.46. The Morgan fingerprint density at radius 1 is 1.16 bits per heavy atom. The van der Waals surface area contributed by atoms with E-state index in [1.54, 1.807) is 0 Å². The number of nitrogens with two attached hydrogens (primary N) is 1. The van der Waals surface area contributed by atoms with Crippen LogP contribution in [0.4, 0.5) is 0 Å². The van der Waals surface area contributed by atoms with Crippen LogP contribution in [0.15, 0.2) is 24.3 Å². The molecule has 1 unspecified atom stereocenters. The first kappa shape index (κ1) is 14.5. The van der Waals surface area contributed by atoms with Crippen molar-refractivity contribution in [2.75, 3.05) is 26.2 Å². The van der Waals surface area contributed by atoms with Gasteiger partial charge in [0.05, 0.1) is 0 Å². The molecule has 0 bridgehead atoms. The Morgan fingerprint density at radius 3 is 2.74 bits per heavy atom. The first-order valence-electron chi connectivity index (χ1n) is 7.49. The molecule has 19 heavy (non-hydrogen) atoms. The first-order chi connectivity index (χ1) is 9.36. The van der Waals surface area contributed by atoms with Gasteiger partial charge in [-0.25, -0.2) is 0 Å². The van der Waals surface area contributed by atoms with Gasteiger partial charge in [-0.15, -0.1) is 0 Å². The topological polar surface area (TPSA) is 49.5 Å². The van der Waals surface area contributed by atoms with Crippen molar-refractivity contribution in [1.82, 2.24) is 4.90 Å². The van der Waals surface area contributed by atoms with E-state index in [0.717, 1.165) is 32.4 Å². The zero-order valence-electron chi connectivity index (χ0n) is 11.7. The van der Waals surface area contributed by atoms with Crippen molar-refractivity contribution in [3.05, 3.63) is 35.4 Å². The molecule has 0 aliphatic carbocycles. The zero-order chi connectivity index (χ0) is 13.5. The number of fused-ring (bicyclic) bond motifs is 1. The van der Waals surface area contributed by atoms with E-state index in [2.05, 4.69) is 29.2 Å². The molecule has 0 fully saturated rings. The van der Waals surface area contributed by atoms with E-state index >= 15 is 0 Å². The summed E-state index contributed by atoms with van der Waals surface area (Å²) < 4.78 is 0. The molecular formula is C16H26N2O. The van der Waals surface area contributed by atoms with Crippen molar-refractivity contribution in [3.63, 3.8) is 0 Å². The second-order valence-corrected chi connectivity index (χ2v) is 5.37. The summed E-state index contributed by atoms with van der Waals surface area (Å²) in [5.74, 6) is 0. The zero-order valence-corrected chi connectivity index (χ0v) is 11.7. The lowest BCUT2D eigenvalue weighted by Crippen LogP contribution is -2.39. The molecule has 3 nitrogen and oxygen atoms in total. The second kappa shape index (κ2) is 7.63. The molecule has 0 spiro atoms. The summed E-state index contributed by atoms with van der Waals surface area (Å²) in [6, 6.07) is 9.09. The van der Waals surface area contributed by atoms with Gasteiger partial charge in [0.2, 0.25) is 0 Å². The Bertz CT molecular complexity index is 381. The second-order valence-electron chi connectivity index (χ2n) is 5.37. The highest BCUT2D eigenvalue weighted by molar-refractivity contribution is 5.32. The van der Waals surface area contributed by atoms with Crippen LogP contribution in [0.1, 0.15) is 42.9 Å². The van der Waals surface area contributed by atoms with Crippen LogP contribution in [0.2, 0.25) is 0 Å². The fourth-order valence-corrected chi connectivity index (χ4v) is 3.03. The lowest BCUT2D eigenvalue weighted by molar-refractivity contribution is 0.184. The number of unbranched alkanes of at least 4 members (excludes halogenated alkanes) is 3. The molecule has 0 radical (unpaired) electrons. The molecule has 3 N–H and O–H groups in total. The quantitative estimate of drug-likeness (QED) is 0.740. The lowest BCUT2D eigenvalue weighted by Gasteiger charge is -2.36. The van der Waals surface area contributed by atoms with Gasteiger partial charge in [-0.1, -0.05) is 37.1 Å². The van der Waals surface area contributed by atoms with Crippen LogP contribution in [0.3, 0.4) is 0 Å². The molecular weight excluding hydrogens is 236 g/mol. The standard InChI is InChI=1S/C16H26N2O/c17-13-16-15-8-4-3-7-14(15)9-11-18(16)10-5-1-2-6-12-19/h3-4,7-8,16,19H,1-2,5-6,9-13,17H2. The number of aliphatic hydroxyl groups excluding tert-OH is 1. The number of aliphatic hydroxyl groups is 1. The summed E-state index contributed by atoms with van der Waals surface area (Å²) in [7, 11) is 0. The molecule has 1 aromatic rings. The van der Waals surface area contributed by atoms with E-state index in [-0.39, 0.29) is 0 Å². The SMILES string of the molecule is NCC1c2ccccc2CCN1CCCCCCO. The first-order valence-corrected chi connectivity index (χ1v) is 7.49. The van der Waals surface area contributed by atoms with Crippen molar-refractivity contribution in [2.24, 2.45) is 5.73 Å². The van der Waals surface area contributed by atoms with Crippen LogP contribution in [-0.4, -0.2) is 36.2 Å². The summed E-state index contributed by atoms with van der Waals surface area (Å²) in [6.07, 6.45) is 5.62. The number of hydrogen-bond donors (Lipinski definition) is 2. The van der Waals surface area contributed by atoms with E-state index < -0.39 is 0 Å². The molecule has 1 aromatic carbocycles. The van der Waals surface area contributed by atoms with Crippen LogP contribution in [-0.2, 0) is 6.42 Å². The molecule has 2 rings (SSSR count). The Morgan fingerprint density at radius 2 is 1.95 bits per heavy atom. The third-order valence-corrected chi connectivity index (χ3v) is 4.10. The third-order valence-electron chi connectivity index (χ3n) is 4.10. The van der Waals surface area contributed by atoms with Gasteiger partial charge in [0.1, 0.15) is 0 Å². The van der Waals surface area contributed by atoms with Crippen molar-refractivity contribution in [3.8, 4) is 0 Å². The third kappa shape index (κ3) is 3.78. The highest BCUT2D eigenvalue weighted by Crippen LogP contribution is 2.28. The number of benzene rings is 1. The van der Waals surface area contributed by atoms with Crippen molar-refractivity contribution in [2.45, 2.75) is 38.1 Å². The summed E-state index contributed by atoms with van der Waals surface area (Å²) in [5.41, 5.74) is 8.88. The monoisotopic (exact) mass is 262 g/mol. The van der Waals surface area contributed by atoms with Gasteiger partial charge in [-0.05, 0) is 36.9 Å². The van der Waals surface area contributed by atoms with Crippen LogP contribution in [0, 0.1) is 0 Å². The maximum Gasteiger partial charge on any atom is 0.0473 e. The molecule has 0 amide bonds. The van der Waals surface area contributed by atoms with E-state index in [4.69, 9.17) is 10.8 Å². The predicted octanol–water partition coefficient (Wildman–Crippen LogP) is 2.10. The molecule has 106 valence electrons. The summed E-state index contributed by atoms with van der Waals surface area (Å²) in [6.45, 7) is 3.27. The minimum Gasteiger partial charge on any atom is -0.396 e. The van der Waals surface area contributed by atoms with Crippen LogP contribution in [0.25, 0.3) is 0 Å². The normalized spacial score (nSPS) is 19.4. The highest BCUT2D eigenvalue weighted by Gasteiger charge is 2.25. The fraction of sp³-hybridized carbons (Fsp3) is 0.625. The minimum atomic E-state index is 0.322. The molecule has 0 aromatic heterocycles. The van der Waals surface area contributed by atoms with Crippen molar-refractivity contribution >= 4 is 0 Å². The maximum absolute atomic E-state index is 8.78. The lowest BCUT2D eigenvalue weighted by atomic mass is 9.92. The van der Waals surface area contributed by atoms with Crippen LogP contribution < -0.4 is 5.73 Å². The number of hydrogen-bond acceptors (Lipinski definition) is 3. The van der Waals surface area contributed by atoms with E-state index in [9.17, 15) is 0 Å². The molecule has 1 atom stereocenters. The summed E-state index contributed by atoms with van der Waals surface area (Å²) in [4.78, 5) is 2.53. The van der Waals surface area contributed by atoms with Crippen LogP contribution in [0.5, 0.6) is 0 Å². The van der Waals surface area contributed by atoms with Gasteiger partial charge in [0, 0.05) is 25.7 Å². The molecule has 3 heteroatoms. The molecule has 1 aliphatic heterocycles. The fourth-order valence-electron chi connectivity index (χ4n) is 3.03. The van der Waals surface area contributed by atoms with Crippen molar-refractivity contribution in [1.29, 1.82) is 0 Å². The van der Waals surface area contributed by atoms with Gasteiger partial charge in [-0.3, -0.25) is 4.90 Å². The minimum absolute atomic E-state index is 0.322. The van der Waals surface area contributed by atoms with Crippen LogP contribution >= 0.6 is 0 Å². The van der Waals surface area contributed by atoms with Crippen molar-refractivity contribution < 1.29 is 5.11 Å². The molecule has 1 heterocycles. The van der Waals surface area contributed by atoms with Gasteiger partial charge in [0.15, 0.2) is 0 Å². The van der Waals surface area contributed by atoms with E-state index in [0.29, 0.717) is 19.2 Å². The van der Waals surface area contributed by atoms with E-state index in [1.807, 2.05) is 0 Å². The Kier molecular flexibility index (Phi) is 5.83. The molecule has 0 saturated carbocycles. The Labute approximate surface area is 116 Å². The Hall–Kier alpha value is -0.900. The Balaban J connectivity index is 1.88. The maximum atomic E-state index is 8.78. The summed E-state index contributed by atoms with van der Waals surface area (Å²) in [5, 5.41) is 8.78. The molecule has 1 aliphatic rings. The van der Waals surface area contributed by atoms with Gasteiger partial charge < -0.3 is 10.8 Å². The number of nitrogens with zero attached hydrogens (tertiary/aromatic N) is 1. The van der Waals surface area contributed by atoms with Gasteiger partial charge >= 0.3 is 0 Å².